The zero-order chi connectivity index (χ0) is 16.8. The van der Waals surface area contributed by atoms with E-state index in [1.165, 1.54) is 19.2 Å². The Morgan fingerprint density at radius 2 is 2.04 bits per heavy atom. The molecule has 4 rings (SSSR count). The quantitative estimate of drug-likeness (QED) is 0.837. The highest BCUT2D eigenvalue weighted by molar-refractivity contribution is 5.93. The van der Waals surface area contributed by atoms with Gasteiger partial charge in [0.25, 0.3) is 11.7 Å². The van der Waals surface area contributed by atoms with Gasteiger partial charge in [0, 0.05) is 25.2 Å². The maximum atomic E-state index is 13.1. The summed E-state index contributed by atoms with van der Waals surface area (Å²) in [4.78, 5) is 26.1. The maximum absolute atomic E-state index is 13.1. The second-order valence-corrected chi connectivity index (χ2v) is 7.28. The topological polar surface area (TPSA) is 66.6 Å². The van der Waals surface area contributed by atoms with Gasteiger partial charge in [-0.25, -0.2) is 9.50 Å². The van der Waals surface area contributed by atoms with E-state index in [0.29, 0.717) is 23.6 Å². The van der Waals surface area contributed by atoms with Crippen molar-refractivity contribution in [1.29, 1.82) is 0 Å². The van der Waals surface area contributed by atoms with Crippen LogP contribution in [-0.4, -0.2) is 67.5 Å². The fourth-order valence-corrected chi connectivity index (χ4v) is 4.01. The average Bonchev–Trinajstić information content (AvgIpc) is 3.10. The minimum Gasteiger partial charge on any atom is -0.336 e. The largest absolute Gasteiger partial charge is 0.336 e. The van der Waals surface area contributed by atoms with Crippen LogP contribution in [0.5, 0.6) is 0 Å². The van der Waals surface area contributed by atoms with Crippen molar-refractivity contribution in [2.45, 2.75) is 51.1 Å². The minimum absolute atomic E-state index is 0.0170. The number of aromatic nitrogens is 4. The van der Waals surface area contributed by atoms with E-state index in [2.05, 4.69) is 40.9 Å². The number of hydrogen-bond donors (Lipinski definition) is 0. The lowest BCUT2D eigenvalue weighted by Gasteiger charge is -2.25. The monoisotopic (exact) mass is 328 g/mol. The molecular weight excluding hydrogens is 304 g/mol. The first-order chi connectivity index (χ1) is 11.5. The number of fused-ring (bicyclic) bond motifs is 3. The van der Waals surface area contributed by atoms with Gasteiger partial charge in [0.15, 0.2) is 0 Å². The molecule has 0 radical (unpaired) electrons. The second-order valence-electron chi connectivity index (χ2n) is 7.28. The summed E-state index contributed by atoms with van der Waals surface area (Å²) in [6.45, 7) is 5.78. The highest BCUT2D eigenvalue weighted by atomic mass is 16.2. The number of carbonyl (C=O) groups is 1. The molecule has 7 nitrogen and oxygen atoms in total. The summed E-state index contributed by atoms with van der Waals surface area (Å²) in [5.74, 6) is 0.761. The Labute approximate surface area is 141 Å². The number of amides is 1. The standard InChI is InChI=1S/C17H24N6O/c1-11(2)15-8-14(20-17-18-10-19-23(15)17)16(24)22-7-6-12-4-5-13(9-22)21(12)3/h8,10-13H,4-7,9H2,1-3H3/t12-,13+/m1/s1. The number of hydrogen-bond acceptors (Lipinski definition) is 5. The van der Waals surface area contributed by atoms with Gasteiger partial charge >= 0.3 is 0 Å². The van der Waals surface area contributed by atoms with Gasteiger partial charge in [0.2, 0.25) is 0 Å². The zero-order valence-electron chi connectivity index (χ0n) is 14.5. The van der Waals surface area contributed by atoms with Gasteiger partial charge in [-0.2, -0.15) is 10.1 Å². The lowest BCUT2D eigenvalue weighted by Crippen LogP contribution is -2.40. The predicted octanol–water partition coefficient (Wildman–Crippen LogP) is 1.56. The van der Waals surface area contributed by atoms with Gasteiger partial charge in [0.05, 0.1) is 5.69 Å². The molecule has 1 amide bonds. The van der Waals surface area contributed by atoms with Crippen molar-refractivity contribution in [2.24, 2.45) is 0 Å². The van der Waals surface area contributed by atoms with Crippen LogP contribution in [0.1, 0.15) is 55.2 Å². The molecule has 0 aliphatic carbocycles. The van der Waals surface area contributed by atoms with Crippen LogP contribution >= 0.6 is 0 Å². The van der Waals surface area contributed by atoms with Crippen molar-refractivity contribution < 1.29 is 4.79 Å². The Kier molecular flexibility index (Phi) is 3.75. The molecule has 4 heterocycles. The Hall–Kier alpha value is -2.02. The third-order valence-corrected chi connectivity index (χ3v) is 5.53. The Morgan fingerprint density at radius 3 is 2.83 bits per heavy atom. The number of likely N-dealkylation sites (N-methyl/N-ethyl adjacent to an activating group) is 1. The van der Waals surface area contributed by atoms with E-state index < -0.39 is 0 Å². The van der Waals surface area contributed by atoms with E-state index in [1.807, 2.05) is 11.0 Å². The van der Waals surface area contributed by atoms with Crippen molar-refractivity contribution in [1.82, 2.24) is 29.4 Å². The van der Waals surface area contributed by atoms with Crippen LogP contribution in [0, 0.1) is 0 Å². The molecule has 0 saturated carbocycles. The summed E-state index contributed by atoms with van der Waals surface area (Å²) in [6.07, 6.45) is 4.97. The van der Waals surface area contributed by atoms with Gasteiger partial charge < -0.3 is 4.90 Å². The van der Waals surface area contributed by atoms with Crippen molar-refractivity contribution in [2.75, 3.05) is 20.1 Å². The van der Waals surface area contributed by atoms with Crippen LogP contribution in [0.15, 0.2) is 12.4 Å². The summed E-state index contributed by atoms with van der Waals surface area (Å²) in [7, 11) is 2.19. The normalized spacial score (nSPS) is 24.8. The first-order valence-corrected chi connectivity index (χ1v) is 8.76. The molecule has 24 heavy (non-hydrogen) atoms. The molecule has 0 N–H and O–H groups in total. The van der Waals surface area contributed by atoms with Crippen LogP contribution in [0.2, 0.25) is 0 Å². The van der Waals surface area contributed by atoms with E-state index in [9.17, 15) is 4.79 Å². The molecule has 2 fully saturated rings. The summed E-state index contributed by atoms with van der Waals surface area (Å²) < 4.78 is 1.72. The lowest BCUT2D eigenvalue weighted by molar-refractivity contribution is 0.0734. The molecule has 2 aliphatic rings. The molecular formula is C17H24N6O. The van der Waals surface area contributed by atoms with E-state index in [0.717, 1.165) is 25.2 Å². The highest BCUT2D eigenvalue weighted by Gasteiger charge is 2.36. The fraction of sp³-hybridized carbons (Fsp3) is 0.647. The number of likely N-dealkylation sites (tertiary alicyclic amines) is 1. The molecule has 2 aliphatic heterocycles. The Morgan fingerprint density at radius 1 is 1.25 bits per heavy atom. The second kappa shape index (κ2) is 5.81. The first kappa shape index (κ1) is 15.5. The lowest BCUT2D eigenvalue weighted by atomic mass is 10.1. The van der Waals surface area contributed by atoms with Gasteiger partial charge in [-0.1, -0.05) is 13.8 Å². The van der Waals surface area contributed by atoms with Crippen molar-refractivity contribution >= 4 is 11.7 Å². The molecule has 7 heteroatoms. The molecule has 2 atom stereocenters. The van der Waals surface area contributed by atoms with E-state index in [4.69, 9.17) is 0 Å². The van der Waals surface area contributed by atoms with E-state index >= 15 is 0 Å². The van der Waals surface area contributed by atoms with Crippen LogP contribution in [0.3, 0.4) is 0 Å². The van der Waals surface area contributed by atoms with Gasteiger partial charge in [0.1, 0.15) is 12.0 Å². The Bertz CT molecular complexity index is 770. The maximum Gasteiger partial charge on any atom is 0.272 e. The SMILES string of the molecule is CC(C)c1cc(C(=O)N2CC[C@H]3CC[C@@H](C2)N3C)nc2ncnn12. The van der Waals surface area contributed by atoms with Gasteiger partial charge in [-0.3, -0.25) is 9.69 Å². The summed E-state index contributed by atoms with van der Waals surface area (Å²) in [5, 5.41) is 4.22. The van der Waals surface area contributed by atoms with Crippen LogP contribution in [0.25, 0.3) is 5.78 Å². The highest BCUT2D eigenvalue weighted by Crippen LogP contribution is 2.29. The predicted molar refractivity (Wildman–Crippen MR) is 90.0 cm³/mol. The number of nitrogens with zero attached hydrogens (tertiary/aromatic N) is 6. The van der Waals surface area contributed by atoms with E-state index in [1.54, 1.807) is 4.52 Å². The molecule has 2 bridgehead atoms. The molecule has 2 aromatic rings. The molecule has 128 valence electrons. The van der Waals surface area contributed by atoms with Crippen LogP contribution in [-0.2, 0) is 0 Å². The molecule has 0 unspecified atom stereocenters. The average molecular weight is 328 g/mol. The smallest absolute Gasteiger partial charge is 0.272 e. The van der Waals surface area contributed by atoms with E-state index in [-0.39, 0.29) is 11.8 Å². The van der Waals surface area contributed by atoms with Crippen molar-refractivity contribution in [3.8, 4) is 0 Å². The first-order valence-electron chi connectivity index (χ1n) is 8.76. The molecule has 0 spiro atoms. The summed E-state index contributed by atoms with van der Waals surface area (Å²) >= 11 is 0. The Balaban J connectivity index is 1.66. The third-order valence-electron chi connectivity index (χ3n) is 5.53. The summed E-state index contributed by atoms with van der Waals surface area (Å²) in [6, 6.07) is 2.97. The van der Waals surface area contributed by atoms with Gasteiger partial charge in [-0.15, -0.1) is 0 Å². The molecule has 0 aromatic carbocycles. The van der Waals surface area contributed by atoms with Crippen LogP contribution < -0.4 is 0 Å². The molecule has 2 aromatic heterocycles. The van der Waals surface area contributed by atoms with Crippen LogP contribution in [0.4, 0.5) is 0 Å². The number of rotatable bonds is 2. The fourth-order valence-electron chi connectivity index (χ4n) is 4.01. The van der Waals surface area contributed by atoms with Gasteiger partial charge in [-0.05, 0) is 38.3 Å². The zero-order valence-corrected chi connectivity index (χ0v) is 14.5. The number of carbonyl (C=O) groups excluding carboxylic acids is 1. The minimum atomic E-state index is 0.0170. The van der Waals surface area contributed by atoms with Crippen molar-refractivity contribution in [3.05, 3.63) is 23.8 Å². The molecule has 2 saturated heterocycles. The van der Waals surface area contributed by atoms with Crippen molar-refractivity contribution in [3.63, 3.8) is 0 Å². The summed E-state index contributed by atoms with van der Waals surface area (Å²) in [5.41, 5.74) is 1.45. The third kappa shape index (κ3) is 2.47.